The predicted octanol–water partition coefficient (Wildman–Crippen LogP) is 0.934. The molecule has 1 saturated carbocycles. The lowest BCUT2D eigenvalue weighted by Gasteiger charge is -2.49. The molecule has 0 bridgehead atoms. The highest BCUT2D eigenvalue weighted by Gasteiger charge is 2.50. The summed E-state index contributed by atoms with van der Waals surface area (Å²) in [6.07, 6.45) is 3.57. The monoisotopic (exact) mass is 268 g/mol. The van der Waals surface area contributed by atoms with Crippen LogP contribution in [-0.2, 0) is 9.53 Å². The topological polar surface area (TPSA) is 70.1 Å². The molecule has 0 aromatic carbocycles. The molecule has 1 heterocycles. The second kappa shape index (κ2) is 5.61. The van der Waals surface area contributed by atoms with E-state index < -0.39 is 11.5 Å². The lowest BCUT2D eigenvalue weighted by molar-refractivity contribution is -0.160. The number of aliphatic carboxylic acids is 1. The zero-order valence-electron chi connectivity index (χ0n) is 11.0. The largest absolute Gasteiger partial charge is 0.480 e. The number of hydrogen-bond donors (Lipinski definition) is 1. The molecule has 6 heteroatoms. The molecule has 2 rings (SSSR count). The lowest BCUT2D eigenvalue weighted by Crippen LogP contribution is -2.64. The molecule has 2 fully saturated rings. The fraction of sp³-hybridized carbons (Fsp3) is 0.692. The Balaban J connectivity index is 1.87. The van der Waals surface area contributed by atoms with Gasteiger partial charge in [0.15, 0.2) is 0 Å². The van der Waals surface area contributed by atoms with Crippen molar-refractivity contribution in [3.8, 4) is 0 Å². The van der Waals surface area contributed by atoms with Crippen molar-refractivity contribution < 1.29 is 19.4 Å². The maximum absolute atomic E-state index is 11.7. The molecule has 0 aromatic rings. The number of carboxylic acid groups (broad SMARTS) is 1. The van der Waals surface area contributed by atoms with Gasteiger partial charge in [-0.3, -0.25) is 9.69 Å². The molecular weight excluding hydrogens is 248 g/mol. The molecule has 1 aliphatic carbocycles. The highest BCUT2D eigenvalue weighted by molar-refractivity contribution is 5.80. The lowest BCUT2D eigenvalue weighted by atomic mass is 9.75. The summed E-state index contributed by atoms with van der Waals surface area (Å²) in [6.45, 7) is 5.92. The Morgan fingerprint density at radius 3 is 2.32 bits per heavy atom. The number of amides is 1. The third-order valence-electron chi connectivity index (χ3n) is 4.05. The summed E-state index contributed by atoms with van der Waals surface area (Å²) in [5.41, 5.74) is -0.683. The SMILES string of the molecule is C=CCOC(=O)N1CCN(C2(C(=O)O)CCC2)CC1. The van der Waals surface area contributed by atoms with Crippen LogP contribution in [0.2, 0.25) is 0 Å². The van der Waals surface area contributed by atoms with Crippen LogP contribution in [0.4, 0.5) is 4.79 Å². The van der Waals surface area contributed by atoms with Gasteiger partial charge < -0.3 is 14.7 Å². The van der Waals surface area contributed by atoms with Crippen LogP contribution in [-0.4, -0.2) is 65.3 Å². The Bertz CT molecular complexity index is 371. The first-order valence-electron chi connectivity index (χ1n) is 6.61. The summed E-state index contributed by atoms with van der Waals surface area (Å²) in [5.74, 6) is -0.735. The fourth-order valence-electron chi connectivity index (χ4n) is 2.72. The third-order valence-corrected chi connectivity index (χ3v) is 4.05. The van der Waals surface area contributed by atoms with Crippen molar-refractivity contribution in [2.45, 2.75) is 24.8 Å². The third kappa shape index (κ3) is 2.58. The molecule has 0 unspecified atom stereocenters. The number of piperazine rings is 1. The second-order valence-electron chi connectivity index (χ2n) is 5.03. The van der Waals surface area contributed by atoms with Crippen molar-refractivity contribution in [2.24, 2.45) is 0 Å². The van der Waals surface area contributed by atoms with E-state index >= 15 is 0 Å². The fourth-order valence-corrected chi connectivity index (χ4v) is 2.72. The van der Waals surface area contributed by atoms with Crippen molar-refractivity contribution >= 4 is 12.1 Å². The maximum atomic E-state index is 11.7. The minimum atomic E-state index is -0.735. The van der Waals surface area contributed by atoms with Crippen LogP contribution in [0.1, 0.15) is 19.3 Å². The van der Waals surface area contributed by atoms with Crippen LogP contribution < -0.4 is 0 Å². The zero-order valence-corrected chi connectivity index (χ0v) is 11.0. The molecule has 1 aliphatic heterocycles. The van der Waals surface area contributed by atoms with Crippen LogP contribution in [0, 0.1) is 0 Å². The predicted molar refractivity (Wildman–Crippen MR) is 68.9 cm³/mol. The molecule has 0 radical (unpaired) electrons. The summed E-state index contributed by atoms with van der Waals surface area (Å²) in [7, 11) is 0. The number of rotatable bonds is 4. The van der Waals surface area contributed by atoms with Gasteiger partial charge in [-0.2, -0.15) is 0 Å². The van der Waals surface area contributed by atoms with Gasteiger partial charge in [-0.15, -0.1) is 0 Å². The summed E-state index contributed by atoms with van der Waals surface area (Å²) < 4.78 is 4.97. The van der Waals surface area contributed by atoms with Crippen molar-refractivity contribution in [1.29, 1.82) is 0 Å². The van der Waals surface area contributed by atoms with Gasteiger partial charge in [0, 0.05) is 26.2 Å². The van der Waals surface area contributed by atoms with E-state index in [1.165, 1.54) is 6.08 Å². The van der Waals surface area contributed by atoms with Gasteiger partial charge >= 0.3 is 12.1 Å². The van der Waals surface area contributed by atoms with E-state index in [0.29, 0.717) is 39.0 Å². The van der Waals surface area contributed by atoms with Gasteiger partial charge in [0.25, 0.3) is 0 Å². The van der Waals surface area contributed by atoms with Gasteiger partial charge in [-0.25, -0.2) is 4.79 Å². The van der Waals surface area contributed by atoms with Gasteiger partial charge in [0.1, 0.15) is 12.1 Å². The Morgan fingerprint density at radius 2 is 1.89 bits per heavy atom. The molecule has 0 aromatic heterocycles. The van der Waals surface area contributed by atoms with Crippen LogP contribution in [0.25, 0.3) is 0 Å². The van der Waals surface area contributed by atoms with Crippen LogP contribution in [0.5, 0.6) is 0 Å². The van der Waals surface area contributed by atoms with Crippen LogP contribution in [0.3, 0.4) is 0 Å². The van der Waals surface area contributed by atoms with Crippen LogP contribution >= 0.6 is 0 Å². The number of carbonyl (C=O) groups is 2. The number of ether oxygens (including phenoxy) is 1. The summed E-state index contributed by atoms with van der Waals surface area (Å²) in [5, 5.41) is 9.37. The van der Waals surface area contributed by atoms with Crippen molar-refractivity contribution in [3.63, 3.8) is 0 Å². The molecule has 1 saturated heterocycles. The molecule has 1 N–H and O–H groups in total. The van der Waals surface area contributed by atoms with E-state index in [4.69, 9.17) is 4.74 Å². The first kappa shape index (κ1) is 13.9. The first-order valence-corrected chi connectivity index (χ1v) is 6.61. The molecular formula is C13H20N2O4. The Labute approximate surface area is 112 Å². The smallest absolute Gasteiger partial charge is 0.410 e. The molecule has 0 atom stereocenters. The standard InChI is InChI=1S/C13H20N2O4/c1-2-10-19-12(18)14-6-8-15(9-7-14)13(11(16)17)4-3-5-13/h2H,1,3-10H2,(H,16,17). The quantitative estimate of drug-likeness (QED) is 0.768. The highest BCUT2D eigenvalue weighted by Crippen LogP contribution is 2.38. The van der Waals surface area contributed by atoms with Crippen molar-refractivity contribution in [2.75, 3.05) is 32.8 Å². The average Bonchev–Trinajstić information content (AvgIpc) is 2.35. The van der Waals surface area contributed by atoms with E-state index in [9.17, 15) is 14.7 Å². The summed E-state index contributed by atoms with van der Waals surface area (Å²) in [4.78, 5) is 26.7. The molecule has 6 nitrogen and oxygen atoms in total. The van der Waals surface area contributed by atoms with Gasteiger partial charge in [-0.1, -0.05) is 12.7 Å². The number of nitrogens with zero attached hydrogens (tertiary/aromatic N) is 2. The minimum absolute atomic E-state index is 0.206. The molecule has 19 heavy (non-hydrogen) atoms. The molecule has 106 valence electrons. The summed E-state index contributed by atoms with van der Waals surface area (Å²) in [6, 6.07) is 0. The Morgan fingerprint density at radius 1 is 1.26 bits per heavy atom. The zero-order chi connectivity index (χ0) is 13.9. The van der Waals surface area contributed by atoms with Gasteiger partial charge in [-0.05, 0) is 19.3 Å². The van der Waals surface area contributed by atoms with Crippen molar-refractivity contribution in [3.05, 3.63) is 12.7 Å². The van der Waals surface area contributed by atoms with E-state index in [2.05, 4.69) is 6.58 Å². The molecule has 1 amide bonds. The second-order valence-corrected chi connectivity index (χ2v) is 5.03. The van der Waals surface area contributed by atoms with E-state index in [1.807, 2.05) is 4.90 Å². The van der Waals surface area contributed by atoms with E-state index in [-0.39, 0.29) is 12.7 Å². The van der Waals surface area contributed by atoms with Crippen LogP contribution in [0.15, 0.2) is 12.7 Å². The first-order chi connectivity index (χ1) is 9.10. The normalized spacial score (nSPS) is 22.4. The molecule has 2 aliphatic rings. The Hall–Kier alpha value is -1.56. The Kier molecular flexibility index (Phi) is 4.09. The highest BCUT2D eigenvalue weighted by atomic mass is 16.6. The number of carboxylic acids is 1. The van der Waals surface area contributed by atoms with Gasteiger partial charge in [0.2, 0.25) is 0 Å². The minimum Gasteiger partial charge on any atom is -0.480 e. The number of hydrogen-bond acceptors (Lipinski definition) is 4. The molecule has 0 spiro atoms. The maximum Gasteiger partial charge on any atom is 0.410 e. The average molecular weight is 268 g/mol. The van der Waals surface area contributed by atoms with E-state index in [0.717, 1.165) is 6.42 Å². The van der Waals surface area contributed by atoms with Gasteiger partial charge in [0.05, 0.1) is 0 Å². The van der Waals surface area contributed by atoms with E-state index in [1.54, 1.807) is 4.90 Å². The van der Waals surface area contributed by atoms with Crippen molar-refractivity contribution in [1.82, 2.24) is 9.80 Å². The number of carbonyl (C=O) groups excluding carboxylic acids is 1. The summed E-state index contributed by atoms with van der Waals surface area (Å²) >= 11 is 0.